The molecule has 0 fully saturated rings. The van der Waals surface area contributed by atoms with Crippen LogP contribution in [0.5, 0.6) is 0 Å². The van der Waals surface area contributed by atoms with Crippen molar-refractivity contribution in [2.45, 2.75) is 20.8 Å². The SMILES string of the molecule is Cc1cc(C)c(NC(=O)C2C(c3ccccc3)=C2c2ccccc2)c(C)c1. The van der Waals surface area contributed by atoms with Crippen LogP contribution in [0, 0.1) is 26.7 Å². The van der Waals surface area contributed by atoms with E-state index in [9.17, 15) is 4.79 Å². The summed E-state index contributed by atoms with van der Waals surface area (Å²) < 4.78 is 0. The van der Waals surface area contributed by atoms with Crippen LogP contribution in [0.25, 0.3) is 11.1 Å². The van der Waals surface area contributed by atoms with Gasteiger partial charge in [0.2, 0.25) is 5.91 Å². The monoisotopic (exact) mass is 353 g/mol. The van der Waals surface area contributed by atoms with Gasteiger partial charge in [-0.2, -0.15) is 0 Å². The van der Waals surface area contributed by atoms with Crippen molar-refractivity contribution in [3.8, 4) is 0 Å². The van der Waals surface area contributed by atoms with Crippen molar-refractivity contribution >= 4 is 22.7 Å². The molecule has 0 aliphatic heterocycles. The van der Waals surface area contributed by atoms with E-state index in [4.69, 9.17) is 0 Å². The fraction of sp³-hybridized carbons (Fsp3) is 0.160. The van der Waals surface area contributed by atoms with Gasteiger partial charge in [0.15, 0.2) is 0 Å². The van der Waals surface area contributed by atoms with Crippen LogP contribution in [0.2, 0.25) is 0 Å². The van der Waals surface area contributed by atoms with Crippen molar-refractivity contribution in [2.24, 2.45) is 5.92 Å². The Hall–Kier alpha value is -3.13. The van der Waals surface area contributed by atoms with Crippen LogP contribution < -0.4 is 5.32 Å². The van der Waals surface area contributed by atoms with Crippen molar-refractivity contribution in [1.82, 2.24) is 0 Å². The number of aryl methyl sites for hydroxylation is 3. The summed E-state index contributed by atoms with van der Waals surface area (Å²) in [5.74, 6) is -0.155. The number of rotatable bonds is 4. The van der Waals surface area contributed by atoms with E-state index in [1.165, 1.54) is 5.56 Å². The third kappa shape index (κ3) is 3.31. The Balaban J connectivity index is 1.66. The van der Waals surface area contributed by atoms with Crippen LogP contribution in [0.3, 0.4) is 0 Å². The van der Waals surface area contributed by atoms with E-state index in [1.54, 1.807) is 0 Å². The Labute approximate surface area is 160 Å². The molecule has 0 saturated carbocycles. The minimum absolute atomic E-state index is 0.0442. The smallest absolute Gasteiger partial charge is 0.236 e. The molecule has 134 valence electrons. The van der Waals surface area contributed by atoms with Gasteiger partial charge in [0.1, 0.15) is 0 Å². The molecule has 1 aliphatic carbocycles. The maximum atomic E-state index is 13.2. The van der Waals surface area contributed by atoms with Gasteiger partial charge in [-0.1, -0.05) is 78.4 Å². The van der Waals surface area contributed by atoms with Crippen LogP contribution in [-0.4, -0.2) is 5.91 Å². The number of benzene rings is 3. The molecular weight excluding hydrogens is 330 g/mol. The van der Waals surface area contributed by atoms with E-state index in [2.05, 4.69) is 48.6 Å². The third-order valence-corrected chi connectivity index (χ3v) is 5.14. The van der Waals surface area contributed by atoms with Crippen molar-refractivity contribution < 1.29 is 4.79 Å². The second-order valence-electron chi connectivity index (χ2n) is 7.26. The molecule has 0 saturated heterocycles. The van der Waals surface area contributed by atoms with Crippen LogP contribution in [-0.2, 0) is 4.79 Å². The highest BCUT2D eigenvalue weighted by Crippen LogP contribution is 2.53. The Morgan fingerprint density at radius 2 is 1.19 bits per heavy atom. The van der Waals surface area contributed by atoms with Crippen molar-refractivity contribution in [3.63, 3.8) is 0 Å². The predicted molar refractivity (Wildman–Crippen MR) is 112 cm³/mol. The van der Waals surface area contributed by atoms with Gasteiger partial charge in [0, 0.05) is 5.69 Å². The minimum atomic E-state index is -0.199. The molecule has 3 aromatic rings. The number of hydrogen-bond donors (Lipinski definition) is 1. The second-order valence-corrected chi connectivity index (χ2v) is 7.26. The Morgan fingerprint density at radius 3 is 1.63 bits per heavy atom. The number of hydrogen-bond acceptors (Lipinski definition) is 1. The highest BCUT2D eigenvalue weighted by atomic mass is 16.2. The van der Waals surface area contributed by atoms with Crippen molar-refractivity contribution in [2.75, 3.05) is 5.32 Å². The quantitative estimate of drug-likeness (QED) is 0.632. The lowest BCUT2D eigenvalue weighted by atomic mass is 10.0. The largest absolute Gasteiger partial charge is 0.325 e. The Bertz CT molecular complexity index is 960. The molecule has 4 rings (SSSR count). The van der Waals surface area contributed by atoms with Gasteiger partial charge in [-0.05, 0) is 54.2 Å². The first-order valence-corrected chi connectivity index (χ1v) is 9.30. The molecule has 0 unspecified atom stereocenters. The zero-order chi connectivity index (χ0) is 19.0. The lowest BCUT2D eigenvalue weighted by Gasteiger charge is -2.13. The molecule has 0 heterocycles. The molecular formula is C25H23NO. The zero-order valence-corrected chi connectivity index (χ0v) is 15.9. The van der Waals surface area contributed by atoms with Crippen molar-refractivity contribution in [3.05, 3.63) is 101 Å². The summed E-state index contributed by atoms with van der Waals surface area (Å²) in [7, 11) is 0. The maximum absolute atomic E-state index is 13.2. The lowest BCUT2D eigenvalue weighted by Crippen LogP contribution is -2.17. The van der Waals surface area contributed by atoms with E-state index in [-0.39, 0.29) is 11.8 Å². The van der Waals surface area contributed by atoms with Crippen LogP contribution in [0.15, 0.2) is 72.8 Å². The Kier molecular flexibility index (Phi) is 4.41. The van der Waals surface area contributed by atoms with Crippen LogP contribution in [0.1, 0.15) is 27.8 Å². The number of carbonyl (C=O) groups is 1. The lowest BCUT2D eigenvalue weighted by molar-refractivity contribution is -0.116. The maximum Gasteiger partial charge on any atom is 0.236 e. The summed E-state index contributed by atoms with van der Waals surface area (Å²) in [5, 5.41) is 3.19. The van der Waals surface area contributed by atoms with E-state index in [0.717, 1.165) is 39.1 Å². The summed E-state index contributed by atoms with van der Waals surface area (Å²) in [4.78, 5) is 13.2. The van der Waals surface area contributed by atoms with E-state index < -0.39 is 0 Å². The molecule has 0 aromatic heterocycles. The van der Waals surface area contributed by atoms with Crippen molar-refractivity contribution in [1.29, 1.82) is 0 Å². The predicted octanol–water partition coefficient (Wildman–Crippen LogP) is 5.79. The number of anilines is 1. The van der Waals surface area contributed by atoms with Gasteiger partial charge in [-0.15, -0.1) is 0 Å². The molecule has 2 heteroatoms. The zero-order valence-electron chi connectivity index (χ0n) is 15.9. The fourth-order valence-corrected chi connectivity index (χ4v) is 3.94. The van der Waals surface area contributed by atoms with E-state index in [1.807, 2.05) is 50.2 Å². The second kappa shape index (κ2) is 6.88. The van der Waals surface area contributed by atoms with E-state index in [0.29, 0.717) is 0 Å². The highest BCUT2D eigenvalue weighted by Gasteiger charge is 2.43. The highest BCUT2D eigenvalue weighted by molar-refractivity contribution is 6.26. The van der Waals surface area contributed by atoms with Gasteiger partial charge < -0.3 is 5.32 Å². The van der Waals surface area contributed by atoms with Gasteiger partial charge in [0.05, 0.1) is 5.92 Å². The molecule has 1 N–H and O–H groups in total. The first-order valence-electron chi connectivity index (χ1n) is 9.30. The number of nitrogens with one attached hydrogen (secondary N) is 1. The van der Waals surface area contributed by atoms with Crippen LogP contribution in [0.4, 0.5) is 5.69 Å². The molecule has 3 aromatic carbocycles. The minimum Gasteiger partial charge on any atom is -0.325 e. The third-order valence-electron chi connectivity index (χ3n) is 5.14. The molecule has 0 atom stereocenters. The molecule has 27 heavy (non-hydrogen) atoms. The average molecular weight is 353 g/mol. The van der Waals surface area contributed by atoms with E-state index >= 15 is 0 Å². The number of carbonyl (C=O) groups excluding carboxylic acids is 1. The standard InChI is InChI=1S/C25H23NO/c1-16-14-17(2)24(18(3)15-16)26-25(27)23-21(19-10-6-4-7-11-19)22(23)20-12-8-5-9-13-20/h4-15,23H,1-3H3,(H,26,27). The first-order chi connectivity index (χ1) is 13.1. The summed E-state index contributed by atoms with van der Waals surface area (Å²) >= 11 is 0. The molecule has 0 radical (unpaired) electrons. The topological polar surface area (TPSA) is 29.1 Å². The van der Waals surface area contributed by atoms with Gasteiger partial charge in [-0.25, -0.2) is 0 Å². The number of amides is 1. The van der Waals surface area contributed by atoms with Gasteiger partial charge in [-0.3, -0.25) is 4.79 Å². The molecule has 0 spiro atoms. The normalized spacial score (nSPS) is 13.6. The summed E-state index contributed by atoms with van der Waals surface area (Å²) in [6, 6.07) is 24.6. The average Bonchev–Trinajstić information content (AvgIpc) is 3.42. The molecule has 1 aliphatic rings. The first kappa shape index (κ1) is 17.3. The fourth-order valence-electron chi connectivity index (χ4n) is 3.94. The molecule has 1 amide bonds. The summed E-state index contributed by atoms with van der Waals surface area (Å²) in [6.45, 7) is 6.17. The molecule has 0 bridgehead atoms. The summed E-state index contributed by atoms with van der Waals surface area (Å²) in [5.41, 5.74) is 8.83. The molecule has 2 nitrogen and oxygen atoms in total. The Morgan fingerprint density at radius 1 is 0.741 bits per heavy atom. The van der Waals surface area contributed by atoms with Gasteiger partial charge in [0.25, 0.3) is 0 Å². The summed E-state index contributed by atoms with van der Waals surface area (Å²) in [6.07, 6.45) is 0. The van der Waals surface area contributed by atoms with Crippen LogP contribution >= 0.6 is 0 Å². The van der Waals surface area contributed by atoms with Gasteiger partial charge >= 0.3 is 0 Å².